The summed E-state index contributed by atoms with van der Waals surface area (Å²) in [4.78, 5) is 11.5. The Labute approximate surface area is 197 Å². The quantitative estimate of drug-likeness (QED) is 0.431. The number of aliphatic hydroxyl groups is 1. The van der Waals surface area contributed by atoms with Gasteiger partial charge in [-0.05, 0) is 78.4 Å². The van der Waals surface area contributed by atoms with Crippen molar-refractivity contribution in [1.29, 1.82) is 0 Å². The number of carboxylic acid groups (broad SMARTS) is 1. The summed E-state index contributed by atoms with van der Waals surface area (Å²) in [6.07, 6.45) is 2.11. The first-order valence-corrected chi connectivity index (χ1v) is 11.2. The van der Waals surface area contributed by atoms with Gasteiger partial charge in [0.25, 0.3) is 0 Å². The van der Waals surface area contributed by atoms with Crippen molar-refractivity contribution in [1.82, 2.24) is 5.32 Å². The van der Waals surface area contributed by atoms with Gasteiger partial charge in [-0.15, -0.1) is 0 Å². The van der Waals surface area contributed by atoms with E-state index in [0.29, 0.717) is 23.1 Å². The van der Waals surface area contributed by atoms with E-state index in [1.54, 1.807) is 24.3 Å². The molecule has 0 amide bonds. The van der Waals surface area contributed by atoms with Crippen LogP contribution in [0.25, 0.3) is 0 Å². The van der Waals surface area contributed by atoms with Crippen LogP contribution in [0.4, 0.5) is 0 Å². The van der Waals surface area contributed by atoms with Gasteiger partial charge in [0.1, 0.15) is 22.8 Å². The fraction of sp³-hybridized carbons (Fsp3) is 0.269. The Morgan fingerprint density at radius 2 is 1.91 bits per heavy atom. The van der Waals surface area contributed by atoms with Crippen LogP contribution in [0.3, 0.4) is 0 Å². The van der Waals surface area contributed by atoms with Crippen molar-refractivity contribution in [3.63, 3.8) is 0 Å². The van der Waals surface area contributed by atoms with Crippen molar-refractivity contribution in [2.24, 2.45) is 0 Å². The summed E-state index contributed by atoms with van der Waals surface area (Å²) >= 11 is 6.03. The lowest BCUT2D eigenvalue weighted by Gasteiger charge is -2.27. The van der Waals surface area contributed by atoms with Gasteiger partial charge < -0.3 is 25.0 Å². The third-order valence-corrected chi connectivity index (χ3v) is 6.11. The number of fused-ring (bicyclic) bond motifs is 1. The molecule has 4 rings (SSSR count). The summed E-state index contributed by atoms with van der Waals surface area (Å²) in [7, 11) is 1.43. The molecule has 172 valence electrons. The van der Waals surface area contributed by atoms with Crippen molar-refractivity contribution >= 4 is 17.6 Å². The van der Waals surface area contributed by atoms with Crippen LogP contribution in [0.15, 0.2) is 60.7 Å². The Balaban J connectivity index is 1.41. The first kappa shape index (κ1) is 23.1. The van der Waals surface area contributed by atoms with Crippen molar-refractivity contribution in [3.05, 3.63) is 87.9 Å². The van der Waals surface area contributed by atoms with Crippen LogP contribution in [0.2, 0.25) is 5.02 Å². The average Bonchev–Trinajstić information content (AvgIpc) is 2.82. The molecule has 0 unspecified atom stereocenters. The van der Waals surface area contributed by atoms with E-state index in [0.717, 1.165) is 24.8 Å². The number of benzene rings is 3. The lowest BCUT2D eigenvalue weighted by molar-refractivity contribution is 0.0693. The highest BCUT2D eigenvalue weighted by Gasteiger charge is 2.20. The van der Waals surface area contributed by atoms with Crippen LogP contribution in [-0.2, 0) is 12.8 Å². The van der Waals surface area contributed by atoms with Gasteiger partial charge in [0.15, 0.2) is 0 Å². The normalized spacial score (nSPS) is 16.0. The minimum absolute atomic E-state index is 0.0514. The number of hydrogen-bond donors (Lipinski definition) is 3. The number of nitrogens with one attached hydrogen (secondary N) is 1. The van der Waals surface area contributed by atoms with E-state index in [9.17, 15) is 15.0 Å². The van der Waals surface area contributed by atoms with E-state index >= 15 is 0 Å². The maximum Gasteiger partial charge on any atom is 0.339 e. The minimum atomic E-state index is -1.07. The smallest absolute Gasteiger partial charge is 0.339 e. The predicted octanol–water partition coefficient (Wildman–Crippen LogP) is 5.02. The van der Waals surface area contributed by atoms with Crippen LogP contribution < -0.4 is 14.8 Å². The molecule has 0 saturated heterocycles. The molecule has 0 aliphatic heterocycles. The molecule has 0 heterocycles. The number of ether oxygens (including phenoxy) is 2. The molecule has 0 spiro atoms. The first-order valence-electron chi connectivity index (χ1n) is 10.8. The van der Waals surface area contributed by atoms with E-state index in [2.05, 4.69) is 11.4 Å². The standard InChI is InChI=1S/C26H26ClNO5/c1-32-25-10-9-22(14-23(25)26(30)31)33-21-8-6-16-5-7-20(12-18(16)13-21)28-15-24(29)17-3-2-4-19(27)11-17/h2-4,6,8-11,13-14,20,24,28-29H,5,7,12,15H2,1H3,(H,30,31)/t20-,24+/m0/s1. The number of aryl methyl sites for hydroxylation is 1. The van der Waals surface area contributed by atoms with Gasteiger partial charge in [0, 0.05) is 17.6 Å². The second-order valence-corrected chi connectivity index (χ2v) is 8.56. The van der Waals surface area contributed by atoms with Crippen LogP contribution in [0.1, 0.15) is 39.6 Å². The highest BCUT2D eigenvalue weighted by atomic mass is 35.5. The van der Waals surface area contributed by atoms with Gasteiger partial charge in [0.05, 0.1) is 13.2 Å². The molecule has 33 heavy (non-hydrogen) atoms. The number of hydrogen-bond acceptors (Lipinski definition) is 5. The maximum atomic E-state index is 11.5. The van der Waals surface area contributed by atoms with E-state index < -0.39 is 12.1 Å². The van der Waals surface area contributed by atoms with Gasteiger partial charge in [-0.3, -0.25) is 0 Å². The third-order valence-electron chi connectivity index (χ3n) is 5.88. The Hall–Kier alpha value is -3.06. The number of halogens is 1. The molecule has 3 N–H and O–H groups in total. The summed E-state index contributed by atoms with van der Waals surface area (Å²) in [5.74, 6) is 0.295. The summed E-state index contributed by atoms with van der Waals surface area (Å²) in [6.45, 7) is 0.445. The molecule has 3 aromatic carbocycles. The molecular weight excluding hydrogens is 442 g/mol. The zero-order valence-corrected chi connectivity index (χ0v) is 19.0. The Morgan fingerprint density at radius 3 is 2.67 bits per heavy atom. The summed E-state index contributed by atoms with van der Waals surface area (Å²) in [5.41, 5.74) is 3.30. The van der Waals surface area contributed by atoms with Gasteiger partial charge in [0.2, 0.25) is 0 Å². The van der Waals surface area contributed by atoms with Gasteiger partial charge in [-0.1, -0.05) is 29.8 Å². The number of methoxy groups -OCH3 is 1. The van der Waals surface area contributed by atoms with E-state index in [-0.39, 0.29) is 17.4 Å². The molecule has 0 radical (unpaired) electrons. The lowest BCUT2D eigenvalue weighted by atomic mass is 9.88. The average molecular weight is 468 g/mol. The second-order valence-electron chi connectivity index (χ2n) is 8.12. The van der Waals surface area contributed by atoms with Gasteiger partial charge >= 0.3 is 5.97 Å². The predicted molar refractivity (Wildman–Crippen MR) is 127 cm³/mol. The zero-order valence-electron chi connectivity index (χ0n) is 18.3. The SMILES string of the molecule is COc1ccc(Oc2ccc3c(c2)C[C@@H](NC[C@@H](O)c2cccc(Cl)c2)CC3)cc1C(=O)O. The summed E-state index contributed by atoms with van der Waals surface area (Å²) < 4.78 is 11.0. The molecule has 3 aromatic rings. The highest BCUT2D eigenvalue weighted by Crippen LogP contribution is 2.31. The topological polar surface area (TPSA) is 88.0 Å². The van der Waals surface area contributed by atoms with Crippen LogP contribution in [-0.4, -0.2) is 35.9 Å². The van der Waals surface area contributed by atoms with Crippen LogP contribution in [0, 0.1) is 0 Å². The van der Waals surface area contributed by atoms with Gasteiger partial charge in [-0.2, -0.15) is 0 Å². The molecule has 6 nitrogen and oxygen atoms in total. The highest BCUT2D eigenvalue weighted by molar-refractivity contribution is 6.30. The molecule has 1 aliphatic carbocycles. The molecule has 0 saturated carbocycles. The number of aliphatic hydroxyl groups excluding tert-OH is 1. The largest absolute Gasteiger partial charge is 0.496 e. The molecular formula is C26H26ClNO5. The molecule has 2 atom stereocenters. The third kappa shape index (κ3) is 5.66. The fourth-order valence-corrected chi connectivity index (χ4v) is 4.33. The maximum absolute atomic E-state index is 11.5. The molecule has 0 aromatic heterocycles. The number of carboxylic acids is 1. The fourth-order valence-electron chi connectivity index (χ4n) is 4.13. The van der Waals surface area contributed by atoms with E-state index in [1.807, 2.05) is 24.3 Å². The first-order chi connectivity index (χ1) is 15.9. The Kier molecular flexibility index (Phi) is 7.18. The molecule has 0 bridgehead atoms. The zero-order chi connectivity index (χ0) is 23.4. The van der Waals surface area contributed by atoms with Crippen molar-refractivity contribution < 1.29 is 24.5 Å². The minimum Gasteiger partial charge on any atom is -0.496 e. The molecule has 1 aliphatic rings. The number of carbonyl (C=O) groups is 1. The second kappa shape index (κ2) is 10.3. The van der Waals surface area contributed by atoms with Crippen molar-refractivity contribution in [2.75, 3.05) is 13.7 Å². The number of rotatable bonds is 8. The van der Waals surface area contributed by atoms with Crippen LogP contribution >= 0.6 is 11.6 Å². The number of aromatic carboxylic acids is 1. The lowest BCUT2D eigenvalue weighted by Crippen LogP contribution is -2.37. The van der Waals surface area contributed by atoms with Crippen molar-refractivity contribution in [2.45, 2.75) is 31.4 Å². The van der Waals surface area contributed by atoms with E-state index in [1.165, 1.54) is 24.3 Å². The summed E-state index contributed by atoms with van der Waals surface area (Å²) in [6, 6.07) is 18.2. The molecule has 7 heteroatoms. The molecule has 0 fully saturated rings. The van der Waals surface area contributed by atoms with Gasteiger partial charge in [-0.25, -0.2) is 4.79 Å². The summed E-state index contributed by atoms with van der Waals surface area (Å²) in [5, 5.41) is 23.9. The van der Waals surface area contributed by atoms with Crippen LogP contribution in [0.5, 0.6) is 17.2 Å². The Morgan fingerprint density at radius 1 is 1.12 bits per heavy atom. The van der Waals surface area contributed by atoms with E-state index in [4.69, 9.17) is 21.1 Å². The van der Waals surface area contributed by atoms with Crippen molar-refractivity contribution in [3.8, 4) is 17.2 Å². The monoisotopic (exact) mass is 467 g/mol. The Bertz CT molecular complexity index is 1150.